The first kappa shape index (κ1) is 12.4. The second-order valence-corrected chi connectivity index (χ2v) is 4.53. The van der Waals surface area contributed by atoms with Crippen molar-refractivity contribution in [2.24, 2.45) is 0 Å². The third-order valence-corrected chi connectivity index (χ3v) is 3.49. The minimum atomic E-state index is 0.320. The molecule has 0 amide bonds. The van der Waals surface area contributed by atoms with E-state index in [-0.39, 0.29) is 0 Å². The summed E-state index contributed by atoms with van der Waals surface area (Å²) in [4.78, 5) is 13.4. The molecule has 1 aliphatic rings. The molecule has 0 aromatic heterocycles. The second-order valence-electron chi connectivity index (χ2n) is 4.12. The van der Waals surface area contributed by atoms with Gasteiger partial charge in [-0.15, -0.1) is 0 Å². The van der Waals surface area contributed by atoms with Gasteiger partial charge < -0.3 is 9.64 Å². The fourth-order valence-corrected chi connectivity index (χ4v) is 2.42. The summed E-state index contributed by atoms with van der Waals surface area (Å²) in [5, 5.41) is 0.513. The Hall–Kier alpha value is -1.06. The lowest BCUT2D eigenvalue weighted by Crippen LogP contribution is -2.45. The van der Waals surface area contributed by atoms with Crippen molar-refractivity contribution < 1.29 is 9.53 Å². The zero-order chi connectivity index (χ0) is 12.3. The van der Waals surface area contributed by atoms with E-state index in [9.17, 15) is 4.79 Å². The van der Waals surface area contributed by atoms with Crippen LogP contribution in [0.3, 0.4) is 0 Å². The minimum Gasteiger partial charge on any atom is -0.377 e. The Morgan fingerprint density at radius 2 is 2.41 bits per heavy atom. The van der Waals surface area contributed by atoms with Gasteiger partial charge in [0, 0.05) is 12.2 Å². The second kappa shape index (κ2) is 5.52. The van der Waals surface area contributed by atoms with Gasteiger partial charge in [0.25, 0.3) is 0 Å². The van der Waals surface area contributed by atoms with Gasteiger partial charge in [-0.2, -0.15) is 0 Å². The number of morpholine rings is 1. The Morgan fingerprint density at radius 3 is 3.12 bits per heavy atom. The molecule has 2 rings (SSSR count). The first-order valence-electron chi connectivity index (χ1n) is 5.86. The smallest absolute Gasteiger partial charge is 0.153 e. The Kier molecular flexibility index (Phi) is 4.02. The Morgan fingerprint density at radius 1 is 1.59 bits per heavy atom. The Balaban J connectivity index is 2.37. The predicted molar refractivity (Wildman–Crippen MR) is 69.1 cm³/mol. The van der Waals surface area contributed by atoms with E-state index < -0.39 is 0 Å². The fraction of sp³-hybridized carbons (Fsp3) is 0.462. The molecule has 1 fully saturated rings. The Bertz CT molecular complexity index is 408. The molecule has 1 aliphatic heterocycles. The van der Waals surface area contributed by atoms with E-state index in [0.717, 1.165) is 24.9 Å². The molecule has 0 bridgehead atoms. The predicted octanol–water partition coefficient (Wildman–Crippen LogP) is 2.77. The summed E-state index contributed by atoms with van der Waals surface area (Å²) in [6, 6.07) is 5.90. The highest BCUT2D eigenvalue weighted by molar-refractivity contribution is 6.33. The van der Waals surface area contributed by atoms with Crippen LogP contribution in [0.4, 0.5) is 5.69 Å². The summed E-state index contributed by atoms with van der Waals surface area (Å²) in [6.07, 6.45) is 1.82. The topological polar surface area (TPSA) is 29.5 Å². The highest BCUT2D eigenvalue weighted by Crippen LogP contribution is 2.29. The van der Waals surface area contributed by atoms with Crippen LogP contribution in [-0.4, -0.2) is 32.1 Å². The molecule has 1 saturated heterocycles. The van der Waals surface area contributed by atoms with E-state index in [0.29, 0.717) is 29.8 Å². The molecule has 92 valence electrons. The number of anilines is 1. The van der Waals surface area contributed by atoms with Crippen LogP contribution in [-0.2, 0) is 4.74 Å². The average Bonchev–Trinajstić information content (AvgIpc) is 2.38. The highest BCUT2D eigenvalue weighted by Gasteiger charge is 2.24. The van der Waals surface area contributed by atoms with Gasteiger partial charge in [-0.05, 0) is 18.6 Å². The first-order valence-corrected chi connectivity index (χ1v) is 6.23. The number of halogens is 1. The number of ether oxygens (including phenoxy) is 1. The van der Waals surface area contributed by atoms with E-state index in [1.807, 2.05) is 12.1 Å². The van der Waals surface area contributed by atoms with Crippen LogP contribution in [0.1, 0.15) is 23.7 Å². The fourth-order valence-electron chi connectivity index (χ4n) is 2.20. The molecule has 1 atom stereocenters. The third kappa shape index (κ3) is 2.45. The van der Waals surface area contributed by atoms with Crippen LogP contribution < -0.4 is 4.90 Å². The van der Waals surface area contributed by atoms with Crippen LogP contribution in [0.5, 0.6) is 0 Å². The quantitative estimate of drug-likeness (QED) is 0.776. The number of nitrogens with zero attached hydrogens (tertiary/aromatic N) is 1. The lowest BCUT2D eigenvalue weighted by atomic mass is 10.1. The van der Waals surface area contributed by atoms with Gasteiger partial charge in [0.05, 0.1) is 29.8 Å². The van der Waals surface area contributed by atoms with Crippen molar-refractivity contribution in [1.29, 1.82) is 0 Å². The van der Waals surface area contributed by atoms with E-state index in [1.54, 1.807) is 6.07 Å². The number of benzene rings is 1. The van der Waals surface area contributed by atoms with E-state index in [1.165, 1.54) is 0 Å². The van der Waals surface area contributed by atoms with Crippen molar-refractivity contribution in [3.8, 4) is 0 Å². The van der Waals surface area contributed by atoms with Crippen LogP contribution in [0, 0.1) is 0 Å². The molecule has 0 radical (unpaired) electrons. The number of aldehydes is 1. The largest absolute Gasteiger partial charge is 0.377 e. The van der Waals surface area contributed by atoms with Crippen molar-refractivity contribution in [2.75, 3.05) is 24.7 Å². The summed E-state index contributed by atoms with van der Waals surface area (Å²) in [5.74, 6) is 0. The molecular formula is C13H16ClNO2. The molecule has 0 aliphatic carbocycles. The summed E-state index contributed by atoms with van der Waals surface area (Å²) < 4.78 is 5.47. The van der Waals surface area contributed by atoms with Crippen LogP contribution in [0.2, 0.25) is 5.02 Å². The summed E-state index contributed by atoms with van der Waals surface area (Å²) >= 11 is 6.05. The van der Waals surface area contributed by atoms with Crippen LogP contribution in [0.25, 0.3) is 0 Å². The van der Waals surface area contributed by atoms with Crippen molar-refractivity contribution in [2.45, 2.75) is 19.4 Å². The van der Waals surface area contributed by atoms with Crippen molar-refractivity contribution in [3.63, 3.8) is 0 Å². The standard InChI is InChI=1S/C13H16ClNO2/c1-2-10-9-17-7-6-15(10)13-5-3-4-12(14)11(13)8-16/h3-5,8,10H,2,6-7,9H2,1H3. The lowest BCUT2D eigenvalue weighted by molar-refractivity contribution is 0.0927. The molecule has 0 spiro atoms. The summed E-state index contributed by atoms with van der Waals surface area (Å²) in [7, 11) is 0. The van der Waals surface area contributed by atoms with Gasteiger partial charge in [-0.25, -0.2) is 0 Å². The molecule has 17 heavy (non-hydrogen) atoms. The van der Waals surface area contributed by atoms with Crippen molar-refractivity contribution in [3.05, 3.63) is 28.8 Å². The lowest BCUT2D eigenvalue weighted by Gasteiger charge is -2.37. The third-order valence-electron chi connectivity index (χ3n) is 3.16. The molecule has 1 heterocycles. The van der Waals surface area contributed by atoms with E-state index in [2.05, 4.69) is 11.8 Å². The molecule has 1 aromatic carbocycles. The number of hydrogen-bond donors (Lipinski definition) is 0. The molecule has 1 aromatic rings. The highest BCUT2D eigenvalue weighted by atomic mass is 35.5. The number of rotatable bonds is 3. The number of carbonyl (C=O) groups is 1. The van der Waals surface area contributed by atoms with Crippen LogP contribution >= 0.6 is 11.6 Å². The molecule has 1 unspecified atom stereocenters. The van der Waals surface area contributed by atoms with Gasteiger partial charge in [-0.1, -0.05) is 24.6 Å². The molecular weight excluding hydrogens is 238 g/mol. The number of carbonyl (C=O) groups excluding carboxylic acids is 1. The number of hydrogen-bond acceptors (Lipinski definition) is 3. The first-order chi connectivity index (χ1) is 8.27. The normalized spacial score (nSPS) is 20.4. The minimum absolute atomic E-state index is 0.320. The SMILES string of the molecule is CCC1COCCN1c1cccc(Cl)c1C=O. The zero-order valence-corrected chi connectivity index (χ0v) is 10.6. The maximum Gasteiger partial charge on any atom is 0.153 e. The molecule has 0 N–H and O–H groups in total. The van der Waals surface area contributed by atoms with Crippen molar-refractivity contribution >= 4 is 23.6 Å². The molecule has 4 heteroatoms. The van der Waals surface area contributed by atoms with Gasteiger partial charge in [0.15, 0.2) is 6.29 Å². The van der Waals surface area contributed by atoms with E-state index in [4.69, 9.17) is 16.3 Å². The maximum absolute atomic E-state index is 11.1. The monoisotopic (exact) mass is 253 g/mol. The van der Waals surface area contributed by atoms with Gasteiger partial charge >= 0.3 is 0 Å². The summed E-state index contributed by atoms with van der Waals surface area (Å²) in [6.45, 7) is 4.33. The molecule has 3 nitrogen and oxygen atoms in total. The zero-order valence-electron chi connectivity index (χ0n) is 9.86. The van der Waals surface area contributed by atoms with Gasteiger partial charge in [0.1, 0.15) is 0 Å². The van der Waals surface area contributed by atoms with Crippen LogP contribution in [0.15, 0.2) is 18.2 Å². The Labute approximate surface area is 106 Å². The van der Waals surface area contributed by atoms with E-state index >= 15 is 0 Å². The maximum atomic E-state index is 11.1. The van der Waals surface area contributed by atoms with Gasteiger partial charge in [0.2, 0.25) is 0 Å². The molecule has 0 saturated carbocycles. The average molecular weight is 254 g/mol. The van der Waals surface area contributed by atoms with Gasteiger partial charge in [-0.3, -0.25) is 4.79 Å². The summed E-state index contributed by atoms with van der Waals surface area (Å²) in [5.41, 5.74) is 1.50. The van der Waals surface area contributed by atoms with Crippen molar-refractivity contribution in [1.82, 2.24) is 0 Å².